The van der Waals surface area contributed by atoms with Gasteiger partial charge in [-0.3, -0.25) is 9.78 Å². The van der Waals surface area contributed by atoms with Gasteiger partial charge in [0.2, 0.25) is 5.91 Å². The van der Waals surface area contributed by atoms with Gasteiger partial charge in [-0.15, -0.1) is 0 Å². The highest BCUT2D eigenvalue weighted by Gasteiger charge is 2.27. The normalized spacial score (nSPS) is 14.2. The fraction of sp³-hybridized carbons (Fsp3) is 0.250. The molecule has 2 heterocycles. The Kier molecular flexibility index (Phi) is 5.32. The quantitative estimate of drug-likeness (QED) is 0.719. The van der Waals surface area contributed by atoms with E-state index in [1.54, 1.807) is 30.5 Å². The lowest BCUT2D eigenvalue weighted by Crippen LogP contribution is -2.38. The lowest BCUT2D eigenvalue weighted by atomic mass is 9.94. The van der Waals surface area contributed by atoms with Gasteiger partial charge in [0.15, 0.2) is 0 Å². The number of nitrogens with one attached hydrogen (secondary N) is 1. The smallest absolute Gasteiger partial charge is 0.227 e. The van der Waals surface area contributed by atoms with Crippen molar-refractivity contribution in [2.45, 2.75) is 19.8 Å². The Labute approximate surface area is 175 Å². The van der Waals surface area contributed by atoms with Gasteiger partial charge < -0.3 is 10.2 Å². The molecule has 1 aromatic heterocycles. The number of anilines is 2. The summed E-state index contributed by atoms with van der Waals surface area (Å²) in [5.41, 5.74) is 4.62. The Morgan fingerprint density at radius 1 is 1.13 bits per heavy atom. The third-order valence-corrected chi connectivity index (χ3v) is 5.56. The highest BCUT2D eigenvalue weighted by Crippen LogP contribution is 2.33. The molecule has 1 aliphatic rings. The number of pyridine rings is 1. The summed E-state index contributed by atoms with van der Waals surface area (Å²) in [7, 11) is 0. The first kappa shape index (κ1) is 19.4. The Hall–Kier alpha value is -3.90. The number of piperidine rings is 1. The predicted molar refractivity (Wildman–Crippen MR) is 116 cm³/mol. The number of hydrogen-bond donors (Lipinski definition) is 1. The van der Waals surface area contributed by atoms with Crippen molar-refractivity contribution in [2.24, 2.45) is 5.92 Å². The fourth-order valence-corrected chi connectivity index (χ4v) is 3.99. The van der Waals surface area contributed by atoms with E-state index in [0.29, 0.717) is 42.7 Å². The molecule has 30 heavy (non-hydrogen) atoms. The number of carbonyl (C=O) groups excluding carboxylic acids is 1. The third kappa shape index (κ3) is 3.81. The molecule has 1 N–H and O–H groups in total. The minimum absolute atomic E-state index is 0.0272. The Bertz CT molecular complexity index is 1200. The van der Waals surface area contributed by atoms with Crippen molar-refractivity contribution in [1.29, 1.82) is 10.5 Å². The van der Waals surface area contributed by atoms with Gasteiger partial charge in [-0.25, -0.2) is 0 Å². The molecule has 1 fully saturated rings. The molecule has 1 aliphatic heterocycles. The summed E-state index contributed by atoms with van der Waals surface area (Å²) in [6.07, 6.45) is 3.03. The van der Waals surface area contributed by atoms with Gasteiger partial charge in [0.1, 0.15) is 6.07 Å². The van der Waals surface area contributed by atoms with Gasteiger partial charge in [-0.2, -0.15) is 10.5 Å². The number of benzene rings is 2. The van der Waals surface area contributed by atoms with E-state index in [2.05, 4.69) is 33.4 Å². The minimum Gasteiger partial charge on any atom is -0.370 e. The van der Waals surface area contributed by atoms with E-state index in [9.17, 15) is 10.1 Å². The molecular weight excluding hydrogens is 374 g/mol. The van der Waals surface area contributed by atoms with Crippen molar-refractivity contribution in [2.75, 3.05) is 23.3 Å². The first-order valence-electron chi connectivity index (χ1n) is 9.94. The molecule has 1 saturated heterocycles. The largest absolute Gasteiger partial charge is 0.370 e. The summed E-state index contributed by atoms with van der Waals surface area (Å²) < 4.78 is 0. The molecule has 3 aromatic rings. The summed E-state index contributed by atoms with van der Waals surface area (Å²) in [6, 6.07) is 17.4. The van der Waals surface area contributed by atoms with Crippen LogP contribution in [-0.2, 0) is 4.79 Å². The minimum atomic E-state index is -0.104. The Balaban J connectivity index is 1.51. The highest BCUT2D eigenvalue weighted by atomic mass is 16.1. The van der Waals surface area contributed by atoms with Gasteiger partial charge in [0, 0.05) is 36.3 Å². The summed E-state index contributed by atoms with van der Waals surface area (Å²) in [5.74, 6) is -0.131. The average molecular weight is 395 g/mol. The lowest BCUT2D eigenvalue weighted by molar-refractivity contribution is -0.120. The van der Waals surface area contributed by atoms with Crippen LogP contribution in [0, 0.1) is 35.5 Å². The number of amides is 1. The van der Waals surface area contributed by atoms with Crippen LogP contribution in [0.25, 0.3) is 10.9 Å². The van der Waals surface area contributed by atoms with Gasteiger partial charge in [0.25, 0.3) is 0 Å². The number of aryl methyl sites for hydroxylation is 1. The fourth-order valence-electron chi connectivity index (χ4n) is 3.99. The van der Waals surface area contributed by atoms with Crippen molar-refractivity contribution in [3.05, 3.63) is 65.4 Å². The molecule has 6 heteroatoms. The average Bonchev–Trinajstić information content (AvgIpc) is 2.78. The molecule has 6 nitrogen and oxygen atoms in total. The maximum atomic E-state index is 12.7. The highest BCUT2D eigenvalue weighted by molar-refractivity contribution is 5.96. The molecule has 0 radical (unpaired) electrons. The van der Waals surface area contributed by atoms with E-state index in [1.165, 1.54) is 0 Å². The summed E-state index contributed by atoms with van der Waals surface area (Å²) >= 11 is 0. The van der Waals surface area contributed by atoms with Crippen LogP contribution in [0.3, 0.4) is 0 Å². The molecule has 148 valence electrons. The van der Waals surface area contributed by atoms with Crippen LogP contribution in [0.2, 0.25) is 0 Å². The van der Waals surface area contributed by atoms with Gasteiger partial charge in [0.05, 0.1) is 28.4 Å². The van der Waals surface area contributed by atoms with E-state index < -0.39 is 0 Å². The summed E-state index contributed by atoms with van der Waals surface area (Å²) in [6.45, 7) is 3.41. The zero-order chi connectivity index (χ0) is 21.1. The van der Waals surface area contributed by atoms with Crippen LogP contribution >= 0.6 is 0 Å². The van der Waals surface area contributed by atoms with E-state index >= 15 is 0 Å². The van der Waals surface area contributed by atoms with Crippen LogP contribution < -0.4 is 10.2 Å². The Morgan fingerprint density at radius 2 is 1.93 bits per heavy atom. The molecule has 2 aromatic carbocycles. The number of rotatable bonds is 3. The van der Waals surface area contributed by atoms with E-state index in [1.807, 2.05) is 19.1 Å². The zero-order valence-corrected chi connectivity index (χ0v) is 16.7. The number of nitrogens with zero attached hydrogens (tertiary/aromatic N) is 4. The van der Waals surface area contributed by atoms with Crippen molar-refractivity contribution in [3.8, 4) is 12.1 Å². The van der Waals surface area contributed by atoms with Crippen molar-refractivity contribution in [3.63, 3.8) is 0 Å². The standard InChI is InChI=1S/C24H21N5O/c1-16-5-6-22-21(11-16)23(19(14-26)15-27-22)29-9-7-18(8-10-29)24(30)28-20-4-2-3-17(12-20)13-25/h2-6,11-12,15,18H,7-10H2,1H3,(H,28,30). The lowest BCUT2D eigenvalue weighted by Gasteiger charge is -2.34. The van der Waals surface area contributed by atoms with Crippen LogP contribution in [0.15, 0.2) is 48.7 Å². The number of fused-ring (bicyclic) bond motifs is 1. The second-order valence-corrected chi connectivity index (χ2v) is 7.60. The number of nitriles is 2. The Morgan fingerprint density at radius 3 is 2.67 bits per heavy atom. The van der Waals surface area contributed by atoms with E-state index in [-0.39, 0.29) is 11.8 Å². The molecular formula is C24H21N5O. The molecule has 0 aliphatic carbocycles. The van der Waals surface area contributed by atoms with Gasteiger partial charge in [-0.1, -0.05) is 17.7 Å². The monoisotopic (exact) mass is 395 g/mol. The topological polar surface area (TPSA) is 92.8 Å². The molecule has 0 spiro atoms. The van der Waals surface area contributed by atoms with Crippen molar-refractivity contribution < 1.29 is 4.79 Å². The molecule has 1 amide bonds. The van der Waals surface area contributed by atoms with E-state index in [0.717, 1.165) is 22.2 Å². The van der Waals surface area contributed by atoms with Crippen LogP contribution in [-0.4, -0.2) is 24.0 Å². The van der Waals surface area contributed by atoms with Crippen molar-refractivity contribution >= 4 is 28.2 Å². The second-order valence-electron chi connectivity index (χ2n) is 7.60. The first-order valence-corrected chi connectivity index (χ1v) is 9.94. The number of hydrogen-bond acceptors (Lipinski definition) is 5. The first-order chi connectivity index (χ1) is 14.6. The molecule has 0 saturated carbocycles. The van der Waals surface area contributed by atoms with Gasteiger partial charge in [-0.05, 0) is 50.1 Å². The van der Waals surface area contributed by atoms with Crippen LogP contribution in [0.4, 0.5) is 11.4 Å². The van der Waals surface area contributed by atoms with Crippen LogP contribution in [0.1, 0.15) is 29.5 Å². The summed E-state index contributed by atoms with van der Waals surface area (Å²) in [4.78, 5) is 19.3. The predicted octanol–water partition coefficient (Wildman–Crippen LogP) is 4.14. The third-order valence-electron chi connectivity index (χ3n) is 5.56. The molecule has 4 rings (SSSR count). The molecule has 0 bridgehead atoms. The maximum absolute atomic E-state index is 12.7. The number of carbonyl (C=O) groups is 1. The molecule has 0 atom stereocenters. The van der Waals surface area contributed by atoms with Crippen molar-refractivity contribution in [1.82, 2.24) is 4.98 Å². The SMILES string of the molecule is Cc1ccc2ncc(C#N)c(N3CCC(C(=O)Nc4cccc(C#N)c4)CC3)c2c1. The summed E-state index contributed by atoms with van der Waals surface area (Å²) in [5, 5.41) is 22.5. The number of aromatic nitrogens is 1. The maximum Gasteiger partial charge on any atom is 0.227 e. The molecule has 0 unspecified atom stereocenters. The zero-order valence-electron chi connectivity index (χ0n) is 16.7. The second kappa shape index (κ2) is 8.23. The van der Waals surface area contributed by atoms with Gasteiger partial charge >= 0.3 is 0 Å². The van der Waals surface area contributed by atoms with Crippen LogP contribution in [0.5, 0.6) is 0 Å². The van der Waals surface area contributed by atoms with E-state index in [4.69, 9.17) is 5.26 Å².